The molecule has 0 fully saturated rings. The molecule has 78 valence electrons. The number of carbonyl (C=O) groups excluding carboxylic acids is 1. The van der Waals surface area contributed by atoms with Crippen LogP contribution in [0.2, 0.25) is 0 Å². The van der Waals surface area contributed by atoms with E-state index in [1.165, 1.54) is 24.3 Å². The summed E-state index contributed by atoms with van der Waals surface area (Å²) in [5, 5.41) is 0.856. The molecule has 1 aromatic carbocycles. The van der Waals surface area contributed by atoms with E-state index in [-0.39, 0.29) is 11.0 Å². The third-order valence-corrected chi connectivity index (χ3v) is 2.75. The second-order valence-corrected chi connectivity index (χ2v) is 3.72. The van der Waals surface area contributed by atoms with Crippen molar-refractivity contribution < 1.29 is 13.6 Å². The van der Waals surface area contributed by atoms with Gasteiger partial charge in [0.15, 0.2) is 17.4 Å². The van der Waals surface area contributed by atoms with Crippen LogP contribution in [0.15, 0.2) is 35.9 Å². The predicted molar refractivity (Wildman–Crippen MR) is 55.7 cm³/mol. The summed E-state index contributed by atoms with van der Waals surface area (Å²) in [6.45, 7) is 0. The summed E-state index contributed by atoms with van der Waals surface area (Å²) in [6, 6.07) is 2.63. The van der Waals surface area contributed by atoms with Gasteiger partial charge >= 0.3 is 0 Å². The van der Waals surface area contributed by atoms with Gasteiger partial charge in [0.25, 0.3) is 0 Å². The number of benzene rings is 1. The fourth-order valence-electron chi connectivity index (χ4n) is 2.00. The average molecular weight is 216 g/mol. The van der Waals surface area contributed by atoms with Crippen molar-refractivity contribution in [3.05, 3.63) is 58.0 Å². The third kappa shape index (κ3) is 1.11. The van der Waals surface area contributed by atoms with E-state index >= 15 is 0 Å². The van der Waals surface area contributed by atoms with Gasteiger partial charge in [-0.1, -0.05) is 6.07 Å². The molecule has 2 aliphatic carbocycles. The topological polar surface area (TPSA) is 17.1 Å². The van der Waals surface area contributed by atoms with Crippen LogP contribution in [0, 0.1) is 11.6 Å². The van der Waals surface area contributed by atoms with Crippen molar-refractivity contribution in [1.29, 1.82) is 0 Å². The number of rotatable bonds is 0. The molecule has 1 aromatic rings. The van der Waals surface area contributed by atoms with Crippen LogP contribution >= 0.6 is 0 Å². The molecule has 0 saturated carbocycles. The number of hydrogen-bond acceptors (Lipinski definition) is 1. The monoisotopic (exact) mass is 216 g/mol. The molecular formula is C13H6F2O. The first-order valence-electron chi connectivity index (χ1n) is 4.81. The summed E-state index contributed by atoms with van der Waals surface area (Å²) >= 11 is 0. The fraction of sp³-hybridized carbons (Fsp3) is 0. The molecule has 0 atom stereocenters. The van der Waals surface area contributed by atoms with Crippen molar-refractivity contribution in [3.63, 3.8) is 0 Å². The quantitative estimate of drug-likeness (QED) is 0.631. The van der Waals surface area contributed by atoms with Crippen molar-refractivity contribution in [2.75, 3.05) is 0 Å². The van der Waals surface area contributed by atoms with Crippen LogP contribution in [-0.4, -0.2) is 5.78 Å². The molecule has 16 heavy (non-hydrogen) atoms. The number of fused-ring (bicyclic) bond motifs is 2. The van der Waals surface area contributed by atoms with Crippen molar-refractivity contribution in [1.82, 2.24) is 0 Å². The maximum absolute atomic E-state index is 13.5. The summed E-state index contributed by atoms with van der Waals surface area (Å²) in [5.74, 6) is -1.87. The highest BCUT2D eigenvalue weighted by molar-refractivity contribution is 6.09. The minimum absolute atomic E-state index is 0.135. The number of halogens is 2. The van der Waals surface area contributed by atoms with Gasteiger partial charge in [-0.2, -0.15) is 0 Å². The van der Waals surface area contributed by atoms with E-state index in [0.717, 1.165) is 11.6 Å². The average Bonchev–Trinajstić information content (AvgIpc) is 2.62. The Kier molecular flexibility index (Phi) is 1.72. The molecule has 0 heterocycles. The lowest BCUT2D eigenvalue weighted by Gasteiger charge is -2.02. The van der Waals surface area contributed by atoms with Crippen LogP contribution in [0.4, 0.5) is 8.78 Å². The Balaban J connectivity index is 2.47. The van der Waals surface area contributed by atoms with Gasteiger partial charge in [0, 0.05) is 5.22 Å². The largest absolute Gasteiger partial charge is 0.290 e. The zero-order valence-electron chi connectivity index (χ0n) is 8.13. The number of carbonyl (C=O) groups is 1. The van der Waals surface area contributed by atoms with E-state index in [0.29, 0.717) is 10.8 Å². The summed E-state index contributed by atoms with van der Waals surface area (Å²) < 4.78 is 26.5. The van der Waals surface area contributed by atoms with Crippen LogP contribution in [0.1, 0.15) is 0 Å². The van der Waals surface area contributed by atoms with Gasteiger partial charge in [0.1, 0.15) is 0 Å². The lowest BCUT2D eigenvalue weighted by molar-refractivity contribution is -0.110. The van der Waals surface area contributed by atoms with Crippen LogP contribution in [0.3, 0.4) is 0 Å². The van der Waals surface area contributed by atoms with Gasteiger partial charge in [0.05, 0.1) is 0 Å². The Morgan fingerprint density at radius 2 is 1.81 bits per heavy atom. The van der Waals surface area contributed by atoms with Crippen LogP contribution in [0.25, 0.3) is 11.6 Å². The molecule has 0 unspecified atom stereocenters. The molecule has 0 saturated heterocycles. The summed E-state index contributed by atoms with van der Waals surface area (Å²) in [7, 11) is 0. The molecule has 0 spiro atoms. The minimum Gasteiger partial charge on any atom is -0.290 e. The highest BCUT2D eigenvalue weighted by atomic mass is 19.2. The Labute approximate surface area is 89.7 Å². The first-order chi connectivity index (χ1) is 7.66. The molecule has 0 bridgehead atoms. The smallest absolute Gasteiger partial charge is 0.179 e. The fourth-order valence-corrected chi connectivity index (χ4v) is 2.00. The maximum Gasteiger partial charge on any atom is 0.179 e. The standard InChI is InChI=1S/C13H6F2O/c14-12-4-3-10-9-2-1-8(16)5-7(9)6-11(10)13(12)15/h1-6H. The molecular weight excluding hydrogens is 210 g/mol. The summed E-state index contributed by atoms with van der Waals surface area (Å²) in [6.07, 6.45) is 5.98. The van der Waals surface area contributed by atoms with E-state index in [4.69, 9.17) is 0 Å². The molecule has 2 aliphatic rings. The third-order valence-electron chi connectivity index (χ3n) is 2.75. The van der Waals surface area contributed by atoms with Crippen LogP contribution in [0.5, 0.6) is 0 Å². The van der Waals surface area contributed by atoms with Gasteiger partial charge in [-0.05, 0) is 46.7 Å². The van der Waals surface area contributed by atoms with E-state index in [1.54, 1.807) is 6.08 Å². The number of hydrogen-bond donors (Lipinski definition) is 0. The van der Waals surface area contributed by atoms with Gasteiger partial charge in [-0.3, -0.25) is 4.79 Å². The first kappa shape index (κ1) is 9.21. The molecule has 0 N–H and O–H groups in total. The van der Waals surface area contributed by atoms with E-state index in [2.05, 4.69) is 0 Å². The van der Waals surface area contributed by atoms with Crippen molar-refractivity contribution in [2.45, 2.75) is 0 Å². The molecule has 0 aromatic heterocycles. The van der Waals surface area contributed by atoms with Gasteiger partial charge in [-0.25, -0.2) is 8.78 Å². The van der Waals surface area contributed by atoms with Crippen LogP contribution in [-0.2, 0) is 4.79 Å². The Morgan fingerprint density at radius 3 is 2.62 bits per heavy atom. The zero-order chi connectivity index (χ0) is 11.3. The second-order valence-electron chi connectivity index (χ2n) is 3.72. The summed E-state index contributed by atoms with van der Waals surface area (Å²) in [4.78, 5) is 11.1. The van der Waals surface area contributed by atoms with Gasteiger partial charge < -0.3 is 0 Å². The predicted octanol–water partition coefficient (Wildman–Crippen LogP) is 0.975. The number of ketones is 1. The van der Waals surface area contributed by atoms with E-state index in [9.17, 15) is 13.6 Å². The Bertz CT molecular complexity index is 693. The highest BCUT2D eigenvalue weighted by Crippen LogP contribution is 2.20. The lowest BCUT2D eigenvalue weighted by atomic mass is 10.0. The minimum atomic E-state index is -0.870. The Hall–Kier alpha value is -2.03. The molecule has 3 rings (SSSR count). The molecule has 0 aliphatic heterocycles. The zero-order valence-corrected chi connectivity index (χ0v) is 8.13. The first-order valence-corrected chi connectivity index (χ1v) is 4.81. The second kappa shape index (κ2) is 2.98. The molecule has 3 heteroatoms. The van der Waals surface area contributed by atoms with Gasteiger partial charge in [-0.15, -0.1) is 0 Å². The van der Waals surface area contributed by atoms with Crippen molar-refractivity contribution >= 4 is 17.4 Å². The van der Waals surface area contributed by atoms with E-state index in [1.807, 2.05) is 0 Å². The lowest BCUT2D eigenvalue weighted by Crippen LogP contribution is -2.27. The molecule has 0 amide bonds. The van der Waals surface area contributed by atoms with Crippen molar-refractivity contribution in [2.24, 2.45) is 0 Å². The summed E-state index contributed by atoms with van der Waals surface area (Å²) in [5.41, 5.74) is 1.42. The van der Waals surface area contributed by atoms with Crippen LogP contribution < -0.4 is 10.4 Å². The number of allylic oxidation sites excluding steroid dienone is 4. The molecule has 0 radical (unpaired) electrons. The van der Waals surface area contributed by atoms with Crippen molar-refractivity contribution in [3.8, 4) is 0 Å². The SMILES string of the molecule is O=C1C=CC2=c3ccc(F)c(F)c3=CC2=C1. The highest BCUT2D eigenvalue weighted by Gasteiger charge is 2.17. The van der Waals surface area contributed by atoms with E-state index < -0.39 is 11.6 Å². The maximum atomic E-state index is 13.5. The normalized spacial score (nSPS) is 16.8. The molecule has 1 nitrogen and oxygen atoms in total. The Morgan fingerprint density at radius 1 is 1.00 bits per heavy atom. The van der Waals surface area contributed by atoms with Gasteiger partial charge in [0.2, 0.25) is 0 Å².